The first-order valence-corrected chi connectivity index (χ1v) is 14.1. The first kappa shape index (κ1) is 24.9. The Morgan fingerprint density at radius 2 is 1.97 bits per heavy atom. The van der Waals surface area contributed by atoms with Gasteiger partial charge in [0.2, 0.25) is 11.7 Å². The monoisotopic (exact) mass is 552 g/mol. The average Bonchev–Trinajstić information content (AvgIpc) is 3.74. The molecule has 2 unspecified atom stereocenters. The fraction of sp³-hybridized carbons (Fsp3) is 0.536. The lowest BCUT2D eigenvalue weighted by atomic mass is 9.83. The number of ether oxygens (including phenoxy) is 2. The minimum atomic E-state index is -0.734. The Bertz CT molecular complexity index is 1490. The standard InChI is InChI=1S/C28H33ClN6O4/c1-28(37)10-17-13-38-14-18(11-28)35(17)27-30-12-20(29)25(33-27)31-16-5-6-22-19(9-16)23-24(26(36)34(22)2)39-8-7-21(32-23)15-3-4-15/h5-6,9,12,15,17-18,21,32,37H,3-4,7-8,10-11,13-14H2,1-2H3,(H,30,31,33)/t17?,18?,21-,28?/m1/s1. The molecule has 2 aromatic heterocycles. The molecule has 3 aromatic rings. The van der Waals surface area contributed by atoms with Crippen molar-refractivity contribution in [2.75, 3.05) is 35.4 Å². The third-order valence-electron chi connectivity index (χ3n) is 8.53. The molecule has 39 heavy (non-hydrogen) atoms. The van der Waals surface area contributed by atoms with Gasteiger partial charge in [0.25, 0.3) is 5.56 Å². The zero-order valence-corrected chi connectivity index (χ0v) is 22.9. The van der Waals surface area contributed by atoms with Gasteiger partial charge in [0.15, 0.2) is 5.82 Å². The molecule has 206 valence electrons. The number of nitrogens with zero attached hydrogens (tertiary/aromatic N) is 4. The topological polar surface area (TPSA) is 114 Å². The minimum Gasteiger partial charge on any atom is -0.486 e. The highest BCUT2D eigenvalue weighted by molar-refractivity contribution is 6.33. The summed E-state index contributed by atoms with van der Waals surface area (Å²) >= 11 is 6.56. The number of benzene rings is 1. The molecule has 4 aliphatic rings. The number of aryl methyl sites for hydroxylation is 1. The van der Waals surface area contributed by atoms with E-state index in [4.69, 9.17) is 26.1 Å². The Morgan fingerprint density at radius 1 is 1.21 bits per heavy atom. The zero-order chi connectivity index (χ0) is 26.9. The molecule has 10 nitrogen and oxygen atoms in total. The molecule has 0 radical (unpaired) electrons. The molecule has 0 spiro atoms. The summed E-state index contributed by atoms with van der Waals surface area (Å²) in [6, 6.07) is 6.14. The molecule has 0 amide bonds. The number of anilines is 4. The molecular weight excluding hydrogens is 520 g/mol. The van der Waals surface area contributed by atoms with E-state index in [-0.39, 0.29) is 17.6 Å². The van der Waals surface area contributed by atoms with Gasteiger partial charge in [0.05, 0.1) is 54.9 Å². The van der Waals surface area contributed by atoms with E-state index in [1.165, 1.54) is 12.8 Å². The van der Waals surface area contributed by atoms with Gasteiger partial charge in [0.1, 0.15) is 5.02 Å². The molecule has 2 bridgehead atoms. The van der Waals surface area contributed by atoms with E-state index in [1.54, 1.807) is 17.8 Å². The Labute approximate surface area is 231 Å². The highest BCUT2D eigenvalue weighted by Crippen LogP contribution is 2.42. The summed E-state index contributed by atoms with van der Waals surface area (Å²) in [5.41, 5.74) is 1.49. The molecule has 7 rings (SSSR count). The van der Waals surface area contributed by atoms with Gasteiger partial charge >= 0.3 is 0 Å². The van der Waals surface area contributed by atoms with E-state index in [2.05, 4.69) is 20.5 Å². The van der Waals surface area contributed by atoms with Crippen molar-refractivity contribution in [3.63, 3.8) is 0 Å². The molecule has 1 aromatic carbocycles. The van der Waals surface area contributed by atoms with Crippen LogP contribution in [0.4, 0.5) is 23.1 Å². The number of nitrogens with one attached hydrogen (secondary N) is 2. The van der Waals surface area contributed by atoms with Crippen molar-refractivity contribution in [2.24, 2.45) is 13.0 Å². The summed E-state index contributed by atoms with van der Waals surface area (Å²) < 4.78 is 13.4. The smallest absolute Gasteiger partial charge is 0.295 e. The second kappa shape index (κ2) is 9.25. The maximum atomic E-state index is 13.1. The van der Waals surface area contributed by atoms with Crippen LogP contribution >= 0.6 is 11.6 Å². The van der Waals surface area contributed by atoms with Crippen LogP contribution in [-0.4, -0.2) is 63.2 Å². The minimum absolute atomic E-state index is 0.00979. The van der Waals surface area contributed by atoms with Crippen LogP contribution in [0.15, 0.2) is 29.2 Å². The molecule has 3 fully saturated rings. The van der Waals surface area contributed by atoms with Gasteiger partial charge in [-0.15, -0.1) is 0 Å². The number of aliphatic hydroxyl groups is 1. The fourth-order valence-corrected chi connectivity index (χ4v) is 6.66. The summed E-state index contributed by atoms with van der Waals surface area (Å²) in [6.45, 7) is 3.45. The molecule has 3 N–H and O–H groups in total. The number of rotatable bonds is 4. The average molecular weight is 553 g/mol. The lowest BCUT2D eigenvalue weighted by Crippen LogP contribution is -2.61. The highest BCUT2D eigenvalue weighted by Gasteiger charge is 2.45. The molecule has 11 heteroatoms. The van der Waals surface area contributed by atoms with Crippen LogP contribution < -0.4 is 25.8 Å². The van der Waals surface area contributed by atoms with E-state index in [0.29, 0.717) is 67.2 Å². The number of piperidine rings is 1. The van der Waals surface area contributed by atoms with Crippen molar-refractivity contribution >= 4 is 45.6 Å². The normalized spacial score (nSPS) is 28.3. The lowest BCUT2D eigenvalue weighted by molar-refractivity contribution is -0.0501. The van der Waals surface area contributed by atoms with Crippen LogP contribution in [0.5, 0.6) is 5.75 Å². The van der Waals surface area contributed by atoms with Gasteiger partial charge < -0.3 is 34.7 Å². The second-order valence-corrected chi connectivity index (χ2v) is 12.1. The predicted molar refractivity (Wildman–Crippen MR) is 150 cm³/mol. The number of aromatic nitrogens is 3. The van der Waals surface area contributed by atoms with Crippen LogP contribution in [0.3, 0.4) is 0 Å². The third-order valence-corrected chi connectivity index (χ3v) is 8.81. The maximum absolute atomic E-state index is 13.1. The molecule has 1 saturated carbocycles. The Balaban J connectivity index is 1.24. The summed E-state index contributed by atoms with van der Waals surface area (Å²) in [6.07, 6.45) is 6.08. The first-order valence-electron chi connectivity index (χ1n) is 13.7. The number of fused-ring (bicyclic) bond motifs is 5. The molecular formula is C28H33ClN6O4. The van der Waals surface area contributed by atoms with Gasteiger partial charge in [-0.1, -0.05) is 11.6 Å². The van der Waals surface area contributed by atoms with Gasteiger partial charge in [-0.3, -0.25) is 4.79 Å². The van der Waals surface area contributed by atoms with Crippen LogP contribution in [0.1, 0.15) is 39.0 Å². The van der Waals surface area contributed by atoms with E-state index in [1.807, 2.05) is 25.1 Å². The van der Waals surface area contributed by atoms with Gasteiger partial charge in [-0.25, -0.2) is 4.98 Å². The van der Waals surface area contributed by atoms with Crippen LogP contribution in [0.25, 0.3) is 10.9 Å². The van der Waals surface area contributed by atoms with Crippen LogP contribution in [-0.2, 0) is 11.8 Å². The number of morpholine rings is 1. The number of hydrogen-bond donors (Lipinski definition) is 3. The summed E-state index contributed by atoms with van der Waals surface area (Å²) in [5, 5.41) is 19.1. The quantitative estimate of drug-likeness (QED) is 0.444. The SMILES string of the molecule is Cn1c(=O)c2c(c3cc(Nc4nc(N5C6COCC5CC(C)(O)C6)ncc4Cl)ccc31)N[C@@H](C1CC1)CCO2. The van der Waals surface area contributed by atoms with E-state index in [9.17, 15) is 9.90 Å². The summed E-state index contributed by atoms with van der Waals surface area (Å²) in [4.78, 5) is 24.7. The Kier molecular flexibility index (Phi) is 5.91. The summed E-state index contributed by atoms with van der Waals surface area (Å²) in [5.74, 6) is 2.06. The van der Waals surface area contributed by atoms with Crippen molar-refractivity contribution in [2.45, 2.75) is 62.8 Å². The zero-order valence-electron chi connectivity index (χ0n) is 22.1. The predicted octanol–water partition coefficient (Wildman–Crippen LogP) is 3.82. The highest BCUT2D eigenvalue weighted by atomic mass is 35.5. The van der Waals surface area contributed by atoms with E-state index in [0.717, 1.165) is 28.7 Å². The van der Waals surface area contributed by atoms with Crippen molar-refractivity contribution in [3.8, 4) is 5.75 Å². The van der Waals surface area contributed by atoms with Gasteiger partial charge in [-0.2, -0.15) is 4.98 Å². The van der Waals surface area contributed by atoms with E-state index >= 15 is 0 Å². The van der Waals surface area contributed by atoms with Crippen LogP contribution in [0, 0.1) is 5.92 Å². The summed E-state index contributed by atoms with van der Waals surface area (Å²) in [7, 11) is 1.77. The van der Waals surface area contributed by atoms with E-state index < -0.39 is 5.60 Å². The fourth-order valence-electron chi connectivity index (χ4n) is 6.52. The second-order valence-electron chi connectivity index (χ2n) is 11.7. The molecule has 2 saturated heterocycles. The van der Waals surface area contributed by atoms with Crippen molar-refractivity contribution in [1.29, 1.82) is 0 Å². The maximum Gasteiger partial charge on any atom is 0.295 e. The largest absolute Gasteiger partial charge is 0.486 e. The van der Waals surface area contributed by atoms with Gasteiger partial charge in [0, 0.05) is 30.6 Å². The van der Waals surface area contributed by atoms with Gasteiger partial charge in [-0.05, 0) is 56.7 Å². The number of hydrogen-bond acceptors (Lipinski definition) is 9. The molecule has 5 heterocycles. The number of halogens is 1. The Hall–Kier alpha value is -3.08. The lowest BCUT2D eigenvalue weighted by Gasteiger charge is -2.50. The van der Waals surface area contributed by atoms with Crippen molar-refractivity contribution in [1.82, 2.24) is 14.5 Å². The molecule has 1 aliphatic carbocycles. The molecule has 3 aliphatic heterocycles. The molecule has 3 atom stereocenters. The van der Waals surface area contributed by atoms with Crippen molar-refractivity contribution in [3.05, 3.63) is 39.8 Å². The third kappa shape index (κ3) is 4.48. The first-order chi connectivity index (χ1) is 18.8. The van der Waals surface area contributed by atoms with Crippen molar-refractivity contribution < 1.29 is 14.6 Å². The number of pyridine rings is 1. The Morgan fingerprint density at radius 3 is 2.72 bits per heavy atom. The van der Waals surface area contributed by atoms with Crippen LogP contribution in [0.2, 0.25) is 5.02 Å².